The van der Waals surface area contributed by atoms with Crippen molar-refractivity contribution < 1.29 is 0 Å². The summed E-state index contributed by atoms with van der Waals surface area (Å²) in [6, 6.07) is 0. The smallest absolute Gasteiger partial charge is 0.0265 e. The SMILES string of the molecule is CC=C1C=C(C)C(C)=C1C. The molecule has 0 spiro atoms. The molecular weight excluding hydrogens is 120 g/mol. The monoisotopic (exact) mass is 134 g/mol. The number of rotatable bonds is 0. The van der Waals surface area contributed by atoms with E-state index in [1.807, 2.05) is 0 Å². The van der Waals surface area contributed by atoms with E-state index in [9.17, 15) is 0 Å². The van der Waals surface area contributed by atoms with Crippen LogP contribution < -0.4 is 0 Å². The number of allylic oxidation sites excluding steroid dienone is 6. The van der Waals surface area contributed by atoms with Crippen molar-refractivity contribution in [3.8, 4) is 0 Å². The maximum atomic E-state index is 2.24. The van der Waals surface area contributed by atoms with Crippen LogP contribution in [0.15, 0.2) is 34.4 Å². The van der Waals surface area contributed by atoms with Crippen LogP contribution in [-0.2, 0) is 0 Å². The molecule has 1 aliphatic rings. The molecule has 0 amide bonds. The molecule has 0 atom stereocenters. The Morgan fingerprint density at radius 2 is 1.70 bits per heavy atom. The molecular formula is C10H14. The van der Waals surface area contributed by atoms with Gasteiger partial charge in [0.25, 0.3) is 0 Å². The molecule has 0 aromatic carbocycles. The van der Waals surface area contributed by atoms with Crippen LogP contribution in [0.2, 0.25) is 0 Å². The van der Waals surface area contributed by atoms with Gasteiger partial charge < -0.3 is 0 Å². The number of hydrogen-bond acceptors (Lipinski definition) is 0. The average Bonchev–Trinajstić information content (AvgIpc) is 2.17. The van der Waals surface area contributed by atoms with Gasteiger partial charge in [0.1, 0.15) is 0 Å². The predicted octanol–water partition coefficient (Wildman–Crippen LogP) is 3.23. The van der Waals surface area contributed by atoms with Crippen molar-refractivity contribution in [2.75, 3.05) is 0 Å². The summed E-state index contributed by atoms with van der Waals surface area (Å²) in [4.78, 5) is 0. The standard InChI is InChI=1S/C10H14/c1-5-10-6-7(2)8(3)9(10)4/h5-6H,1-4H3. The van der Waals surface area contributed by atoms with Crippen LogP contribution in [0, 0.1) is 0 Å². The third-order valence-electron chi connectivity index (χ3n) is 2.27. The summed E-state index contributed by atoms with van der Waals surface area (Å²) in [5.74, 6) is 0. The van der Waals surface area contributed by atoms with Crippen LogP contribution in [-0.4, -0.2) is 0 Å². The Labute approximate surface area is 62.9 Å². The first-order chi connectivity index (χ1) is 4.66. The zero-order valence-electron chi connectivity index (χ0n) is 7.15. The van der Waals surface area contributed by atoms with Gasteiger partial charge in [-0.25, -0.2) is 0 Å². The molecule has 0 saturated carbocycles. The molecule has 0 saturated heterocycles. The van der Waals surface area contributed by atoms with E-state index in [4.69, 9.17) is 0 Å². The summed E-state index contributed by atoms with van der Waals surface area (Å²) in [5, 5.41) is 0. The summed E-state index contributed by atoms with van der Waals surface area (Å²) >= 11 is 0. The lowest BCUT2D eigenvalue weighted by atomic mass is 10.1. The lowest BCUT2D eigenvalue weighted by molar-refractivity contribution is 1.32. The molecule has 10 heavy (non-hydrogen) atoms. The minimum atomic E-state index is 1.38. The fraction of sp³-hybridized carbons (Fsp3) is 0.400. The van der Waals surface area contributed by atoms with Crippen LogP contribution in [0.3, 0.4) is 0 Å². The van der Waals surface area contributed by atoms with E-state index in [-0.39, 0.29) is 0 Å². The number of hydrogen-bond donors (Lipinski definition) is 0. The highest BCUT2D eigenvalue weighted by atomic mass is 14.1. The molecule has 54 valence electrons. The normalized spacial score (nSPS) is 22.4. The van der Waals surface area contributed by atoms with E-state index in [1.165, 1.54) is 22.3 Å². The zero-order valence-corrected chi connectivity index (χ0v) is 7.15. The van der Waals surface area contributed by atoms with Gasteiger partial charge in [-0.05, 0) is 50.0 Å². The van der Waals surface area contributed by atoms with Gasteiger partial charge in [-0.3, -0.25) is 0 Å². The van der Waals surface area contributed by atoms with Crippen LogP contribution in [0.1, 0.15) is 27.7 Å². The van der Waals surface area contributed by atoms with Gasteiger partial charge in [0.05, 0.1) is 0 Å². The van der Waals surface area contributed by atoms with Gasteiger partial charge >= 0.3 is 0 Å². The second-order valence-electron chi connectivity index (χ2n) is 2.82. The molecule has 0 unspecified atom stereocenters. The molecule has 0 nitrogen and oxygen atoms in total. The predicted molar refractivity (Wildman–Crippen MR) is 45.9 cm³/mol. The summed E-state index contributed by atoms with van der Waals surface area (Å²) < 4.78 is 0. The van der Waals surface area contributed by atoms with Crippen LogP contribution in [0.5, 0.6) is 0 Å². The second kappa shape index (κ2) is 2.45. The molecule has 0 fully saturated rings. The van der Waals surface area contributed by atoms with E-state index in [0.717, 1.165) is 0 Å². The highest BCUT2D eigenvalue weighted by Crippen LogP contribution is 2.29. The Hall–Kier alpha value is -0.780. The molecule has 0 aliphatic heterocycles. The fourth-order valence-electron chi connectivity index (χ4n) is 1.26. The second-order valence-corrected chi connectivity index (χ2v) is 2.82. The van der Waals surface area contributed by atoms with Gasteiger partial charge in [0.2, 0.25) is 0 Å². The van der Waals surface area contributed by atoms with Gasteiger partial charge in [-0.2, -0.15) is 0 Å². The van der Waals surface area contributed by atoms with Crippen LogP contribution >= 0.6 is 0 Å². The lowest BCUT2D eigenvalue weighted by Gasteiger charge is -1.96. The van der Waals surface area contributed by atoms with Crippen LogP contribution in [0.25, 0.3) is 0 Å². The van der Waals surface area contributed by atoms with Crippen molar-refractivity contribution in [2.45, 2.75) is 27.7 Å². The first-order valence-electron chi connectivity index (χ1n) is 3.69. The Bertz CT molecular complexity index is 237. The minimum Gasteiger partial charge on any atom is -0.0801 e. The molecule has 1 rings (SSSR count). The largest absolute Gasteiger partial charge is 0.0801 e. The molecule has 1 aliphatic carbocycles. The van der Waals surface area contributed by atoms with Gasteiger partial charge in [-0.1, -0.05) is 12.2 Å². The Balaban J connectivity index is 3.12. The van der Waals surface area contributed by atoms with Gasteiger partial charge in [0, 0.05) is 0 Å². The fourth-order valence-corrected chi connectivity index (χ4v) is 1.26. The van der Waals surface area contributed by atoms with E-state index in [1.54, 1.807) is 0 Å². The Kier molecular flexibility index (Phi) is 1.80. The van der Waals surface area contributed by atoms with Gasteiger partial charge in [-0.15, -0.1) is 0 Å². The van der Waals surface area contributed by atoms with Crippen LogP contribution in [0.4, 0.5) is 0 Å². The van der Waals surface area contributed by atoms with E-state index in [0.29, 0.717) is 0 Å². The zero-order chi connectivity index (χ0) is 7.72. The molecule has 0 heterocycles. The highest BCUT2D eigenvalue weighted by Gasteiger charge is 2.09. The average molecular weight is 134 g/mol. The third-order valence-corrected chi connectivity index (χ3v) is 2.27. The molecule has 0 aromatic heterocycles. The minimum absolute atomic E-state index is 1.38. The lowest BCUT2D eigenvalue weighted by Crippen LogP contribution is -1.76. The Morgan fingerprint density at radius 3 is 1.90 bits per heavy atom. The van der Waals surface area contributed by atoms with Gasteiger partial charge in [0.15, 0.2) is 0 Å². The molecule has 0 aromatic rings. The summed E-state index contributed by atoms with van der Waals surface area (Å²) in [5.41, 5.74) is 5.66. The van der Waals surface area contributed by atoms with E-state index in [2.05, 4.69) is 39.8 Å². The maximum Gasteiger partial charge on any atom is -0.0265 e. The van der Waals surface area contributed by atoms with E-state index >= 15 is 0 Å². The Morgan fingerprint density at radius 1 is 1.10 bits per heavy atom. The summed E-state index contributed by atoms with van der Waals surface area (Å²) in [6.07, 6.45) is 4.40. The quantitative estimate of drug-likeness (QED) is 0.477. The molecule has 0 bridgehead atoms. The van der Waals surface area contributed by atoms with Crippen molar-refractivity contribution in [2.24, 2.45) is 0 Å². The van der Waals surface area contributed by atoms with E-state index < -0.39 is 0 Å². The van der Waals surface area contributed by atoms with Crippen molar-refractivity contribution in [3.05, 3.63) is 34.4 Å². The summed E-state index contributed by atoms with van der Waals surface area (Å²) in [7, 11) is 0. The third kappa shape index (κ3) is 0.942. The summed E-state index contributed by atoms with van der Waals surface area (Å²) in [6.45, 7) is 8.60. The molecule has 0 heteroatoms. The van der Waals surface area contributed by atoms with Crippen molar-refractivity contribution in [1.82, 2.24) is 0 Å². The molecule has 0 N–H and O–H groups in total. The molecule has 0 radical (unpaired) electrons. The van der Waals surface area contributed by atoms with Crippen molar-refractivity contribution >= 4 is 0 Å². The van der Waals surface area contributed by atoms with Crippen molar-refractivity contribution in [3.63, 3.8) is 0 Å². The first kappa shape index (κ1) is 7.33. The first-order valence-corrected chi connectivity index (χ1v) is 3.69. The topological polar surface area (TPSA) is 0 Å². The maximum absolute atomic E-state index is 2.24. The highest BCUT2D eigenvalue weighted by molar-refractivity contribution is 5.55. The van der Waals surface area contributed by atoms with Crippen molar-refractivity contribution in [1.29, 1.82) is 0 Å².